The van der Waals surface area contributed by atoms with E-state index >= 15 is 0 Å². The molecular formula is C25H31ClNO5P. The molecule has 0 radical (unpaired) electrons. The Morgan fingerprint density at radius 3 is 2.48 bits per heavy atom. The van der Waals surface area contributed by atoms with E-state index in [2.05, 4.69) is 17.4 Å². The maximum atomic E-state index is 10.9. The van der Waals surface area contributed by atoms with Gasteiger partial charge in [-0.2, -0.15) is 0 Å². The van der Waals surface area contributed by atoms with Crippen molar-refractivity contribution in [3.05, 3.63) is 77.0 Å². The Balaban J connectivity index is 1.46. The van der Waals surface area contributed by atoms with Crippen LogP contribution >= 0.6 is 19.2 Å². The van der Waals surface area contributed by atoms with Crippen LogP contribution in [0.2, 0.25) is 5.02 Å². The summed E-state index contributed by atoms with van der Waals surface area (Å²) < 4.78 is 22.6. The number of ether oxygens (including phenoxy) is 1. The lowest BCUT2D eigenvalue weighted by Gasteiger charge is -2.13. The van der Waals surface area contributed by atoms with Crippen molar-refractivity contribution < 1.29 is 23.5 Å². The number of nitrogens with one attached hydrogen (secondary N) is 1. The molecule has 0 aliphatic carbocycles. The topological polar surface area (TPSA) is 91.9 Å². The summed E-state index contributed by atoms with van der Waals surface area (Å²) in [5, 5.41) is 3.99. The van der Waals surface area contributed by atoms with Gasteiger partial charge in [-0.15, -0.1) is 0 Å². The van der Waals surface area contributed by atoms with Gasteiger partial charge in [-0.1, -0.05) is 29.8 Å². The van der Waals surface area contributed by atoms with Gasteiger partial charge in [0.05, 0.1) is 24.6 Å². The molecule has 3 rings (SSSR count). The Labute approximate surface area is 200 Å². The molecule has 2 aromatic carbocycles. The minimum Gasteiger partial charge on any atom is -0.493 e. The molecule has 33 heavy (non-hydrogen) atoms. The minimum atomic E-state index is -3.93. The summed E-state index contributed by atoms with van der Waals surface area (Å²) in [6.45, 7) is 1.77. The Morgan fingerprint density at radius 1 is 0.970 bits per heavy atom. The Morgan fingerprint density at radius 2 is 1.76 bits per heavy atom. The maximum Gasteiger partial charge on any atom is 0.325 e. The molecule has 0 aliphatic rings. The molecule has 0 atom stereocenters. The van der Waals surface area contributed by atoms with Gasteiger partial charge < -0.3 is 24.3 Å². The molecule has 8 heteroatoms. The molecule has 3 aromatic rings. The number of unbranched alkanes of at least 4 members (excludes halogenated alkanes) is 2. The Hall–Kier alpha value is -2.08. The van der Waals surface area contributed by atoms with Gasteiger partial charge in [-0.05, 0) is 86.2 Å². The van der Waals surface area contributed by atoms with E-state index < -0.39 is 7.60 Å². The zero-order valence-electron chi connectivity index (χ0n) is 18.6. The summed E-state index contributed by atoms with van der Waals surface area (Å²) in [5.74, 6) is 1.53. The molecule has 0 fully saturated rings. The first-order valence-electron chi connectivity index (χ1n) is 11.2. The SMILES string of the molecule is O=P(O)(O)CCCNCc1ccc(OCCCCCc2ccc(Cl)cc2)c(-c2ccco2)c1. The third-order valence-electron chi connectivity index (χ3n) is 5.24. The molecule has 6 nitrogen and oxygen atoms in total. The molecule has 3 N–H and O–H groups in total. The molecule has 0 bridgehead atoms. The summed E-state index contributed by atoms with van der Waals surface area (Å²) in [6, 6.07) is 17.7. The standard InChI is InChI=1S/C25H31ClNO5P/c26-22-11-8-20(9-12-22)6-2-1-3-15-31-25-13-10-21(18-23(25)24-7-4-16-32-24)19-27-14-5-17-33(28,29)30/h4,7-13,16,18,27H,1-3,5-6,14-15,17,19H2,(H2,28,29,30). The molecule has 1 heterocycles. The van der Waals surface area contributed by atoms with Gasteiger partial charge in [0.1, 0.15) is 11.5 Å². The van der Waals surface area contributed by atoms with E-state index in [0.717, 1.165) is 53.3 Å². The molecule has 0 aliphatic heterocycles. The first kappa shape index (κ1) is 25.5. The fraction of sp³-hybridized carbons (Fsp3) is 0.360. The number of halogens is 1. The monoisotopic (exact) mass is 491 g/mol. The van der Waals surface area contributed by atoms with Crippen LogP contribution in [-0.4, -0.2) is 29.1 Å². The van der Waals surface area contributed by atoms with Gasteiger partial charge in [-0.25, -0.2) is 0 Å². The van der Waals surface area contributed by atoms with Gasteiger partial charge in [-0.3, -0.25) is 4.57 Å². The van der Waals surface area contributed by atoms with Crippen molar-refractivity contribution in [1.29, 1.82) is 0 Å². The number of aryl methyl sites for hydroxylation is 1. The van der Waals surface area contributed by atoms with Crippen molar-refractivity contribution in [2.24, 2.45) is 0 Å². The highest BCUT2D eigenvalue weighted by atomic mass is 35.5. The van der Waals surface area contributed by atoms with Crippen molar-refractivity contribution >= 4 is 19.2 Å². The minimum absolute atomic E-state index is 0.107. The summed E-state index contributed by atoms with van der Waals surface area (Å²) in [7, 11) is -3.93. The van der Waals surface area contributed by atoms with E-state index in [9.17, 15) is 4.57 Å². The number of furan rings is 1. The van der Waals surface area contributed by atoms with Gasteiger partial charge in [0.25, 0.3) is 0 Å². The fourth-order valence-electron chi connectivity index (χ4n) is 3.52. The van der Waals surface area contributed by atoms with Gasteiger partial charge >= 0.3 is 7.60 Å². The molecular weight excluding hydrogens is 461 g/mol. The van der Waals surface area contributed by atoms with E-state index in [1.165, 1.54) is 5.56 Å². The molecule has 0 unspecified atom stereocenters. The highest BCUT2D eigenvalue weighted by Gasteiger charge is 2.12. The molecule has 0 saturated heterocycles. The van der Waals surface area contributed by atoms with Crippen molar-refractivity contribution in [3.63, 3.8) is 0 Å². The lowest BCUT2D eigenvalue weighted by molar-refractivity contribution is 0.305. The lowest BCUT2D eigenvalue weighted by atomic mass is 10.1. The van der Waals surface area contributed by atoms with Crippen LogP contribution in [0, 0.1) is 0 Å². The van der Waals surface area contributed by atoms with Crippen LogP contribution in [0.3, 0.4) is 0 Å². The smallest absolute Gasteiger partial charge is 0.325 e. The highest BCUT2D eigenvalue weighted by Crippen LogP contribution is 2.34. The van der Waals surface area contributed by atoms with Crippen LogP contribution in [0.25, 0.3) is 11.3 Å². The van der Waals surface area contributed by atoms with Gasteiger partial charge in [0, 0.05) is 11.6 Å². The summed E-state index contributed by atoms with van der Waals surface area (Å²) in [4.78, 5) is 17.9. The number of rotatable bonds is 14. The highest BCUT2D eigenvalue weighted by molar-refractivity contribution is 7.51. The summed E-state index contributed by atoms with van der Waals surface area (Å²) in [5.41, 5.74) is 3.25. The second kappa shape index (κ2) is 13.0. The number of benzene rings is 2. The fourth-order valence-corrected chi connectivity index (χ4v) is 4.22. The van der Waals surface area contributed by atoms with Gasteiger partial charge in [0.2, 0.25) is 0 Å². The van der Waals surface area contributed by atoms with Crippen LogP contribution < -0.4 is 10.1 Å². The van der Waals surface area contributed by atoms with E-state index in [1.54, 1.807) is 6.26 Å². The van der Waals surface area contributed by atoms with E-state index in [0.29, 0.717) is 26.1 Å². The van der Waals surface area contributed by atoms with Crippen LogP contribution in [0.15, 0.2) is 65.3 Å². The summed E-state index contributed by atoms with van der Waals surface area (Å²) in [6.07, 6.45) is 6.14. The van der Waals surface area contributed by atoms with Crippen LogP contribution in [0.4, 0.5) is 0 Å². The van der Waals surface area contributed by atoms with Crippen molar-refractivity contribution in [3.8, 4) is 17.1 Å². The predicted molar refractivity (Wildman–Crippen MR) is 132 cm³/mol. The second-order valence-electron chi connectivity index (χ2n) is 8.01. The van der Waals surface area contributed by atoms with Crippen LogP contribution in [0.5, 0.6) is 5.75 Å². The lowest BCUT2D eigenvalue weighted by Crippen LogP contribution is -2.16. The average Bonchev–Trinajstić information content (AvgIpc) is 3.32. The normalized spacial score (nSPS) is 11.6. The Kier molecular flexibility index (Phi) is 10.0. The van der Waals surface area contributed by atoms with E-state index in [1.807, 2.05) is 42.5 Å². The van der Waals surface area contributed by atoms with Crippen molar-refractivity contribution in [1.82, 2.24) is 5.32 Å². The Bertz CT molecular complexity index is 1020. The van der Waals surface area contributed by atoms with Crippen LogP contribution in [-0.2, 0) is 17.5 Å². The largest absolute Gasteiger partial charge is 0.493 e. The second-order valence-corrected chi connectivity index (χ2v) is 10.2. The van der Waals surface area contributed by atoms with Crippen molar-refractivity contribution in [2.45, 2.75) is 38.6 Å². The molecule has 0 saturated carbocycles. The molecule has 178 valence electrons. The molecule has 1 aromatic heterocycles. The predicted octanol–water partition coefficient (Wildman–Crippen LogP) is 6.05. The third-order valence-corrected chi connectivity index (χ3v) is 6.39. The zero-order valence-corrected chi connectivity index (χ0v) is 20.2. The zero-order chi connectivity index (χ0) is 23.5. The van der Waals surface area contributed by atoms with Gasteiger partial charge in [0.15, 0.2) is 0 Å². The molecule has 0 amide bonds. The van der Waals surface area contributed by atoms with Crippen LogP contribution in [0.1, 0.15) is 36.8 Å². The quantitative estimate of drug-likeness (QED) is 0.188. The first-order chi connectivity index (χ1) is 15.9. The third kappa shape index (κ3) is 9.36. The average molecular weight is 492 g/mol. The van der Waals surface area contributed by atoms with E-state index in [4.69, 9.17) is 30.5 Å². The number of hydrogen-bond acceptors (Lipinski definition) is 4. The van der Waals surface area contributed by atoms with E-state index in [-0.39, 0.29) is 6.16 Å². The number of hydrogen-bond donors (Lipinski definition) is 3. The first-order valence-corrected chi connectivity index (χ1v) is 13.4. The molecule has 0 spiro atoms. The maximum absolute atomic E-state index is 10.9. The summed E-state index contributed by atoms with van der Waals surface area (Å²) >= 11 is 5.93. The van der Waals surface area contributed by atoms with Crippen molar-refractivity contribution in [2.75, 3.05) is 19.3 Å².